The van der Waals surface area contributed by atoms with Gasteiger partial charge in [-0.1, -0.05) is 0 Å². The van der Waals surface area contributed by atoms with E-state index in [1.54, 1.807) is 11.3 Å². The molecule has 0 atom stereocenters. The molecule has 0 bridgehead atoms. The van der Waals surface area contributed by atoms with E-state index in [0.717, 1.165) is 32.8 Å². The number of benzene rings is 1. The lowest BCUT2D eigenvalue weighted by molar-refractivity contribution is 0.336. The third kappa shape index (κ3) is 4.27. The molecule has 2 rings (SSSR count). The first-order valence-corrected chi connectivity index (χ1v) is 8.37. The van der Waals surface area contributed by atoms with Crippen molar-refractivity contribution in [1.29, 1.82) is 0 Å². The van der Waals surface area contributed by atoms with Crippen molar-refractivity contribution < 1.29 is 4.74 Å². The highest BCUT2D eigenvalue weighted by molar-refractivity contribution is 9.11. The lowest BCUT2D eigenvalue weighted by Crippen LogP contribution is -2.12. The van der Waals surface area contributed by atoms with Crippen molar-refractivity contribution in [1.82, 2.24) is 10.3 Å². The molecule has 0 spiro atoms. The first-order chi connectivity index (χ1) is 9.20. The second-order valence-electron chi connectivity index (χ2n) is 3.85. The van der Waals surface area contributed by atoms with E-state index in [-0.39, 0.29) is 0 Å². The third-order valence-electron chi connectivity index (χ3n) is 2.44. The average Bonchev–Trinajstić information content (AvgIpc) is 2.87. The molecule has 1 aromatic heterocycles. The summed E-state index contributed by atoms with van der Waals surface area (Å²) in [7, 11) is 0. The van der Waals surface area contributed by atoms with Crippen LogP contribution in [-0.2, 0) is 13.1 Å². The number of hydrogen-bond donors (Lipinski definition) is 1. The molecule has 0 aliphatic rings. The summed E-state index contributed by atoms with van der Waals surface area (Å²) in [5, 5.41) is 6.46. The van der Waals surface area contributed by atoms with E-state index in [2.05, 4.69) is 54.3 Å². The van der Waals surface area contributed by atoms with Crippen molar-refractivity contribution in [2.45, 2.75) is 20.0 Å². The normalized spacial score (nSPS) is 10.7. The fourth-order valence-corrected chi connectivity index (χ4v) is 3.75. The van der Waals surface area contributed by atoms with Gasteiger partial charge in [0.25, 0.3) is 0 Å². The molecule has 2 aromatic rings. The Hall–Kier alpha value is -0.430. The number of ether oxygens (including phenoxy) is 1. The SMILES string of the molecule is CCOc1c(Br)cc(CNCc2nccs2)cc1Br. The Kier molecular flexibility index (Phi) is 5.81. The van der Waals surface area contributed by atoms with Crippen LogP contribution in [0.15, 0.2) is 32.7 Å². The number of nitrogens with one attached hydrogen (secondary N) is 1. The summed E-state index contributed by atoms with van der Waals surface area (Å²) in [6.45, 7) is 4.21. The zero-order valence-corrected chi connectivity index (χ0v) is 14.4. The van der Waals surface area contributed by atoms with Crippen molar-refractivity contribution in [3.63, 3.8) is 0 Å². The molecule has 19 heavy (non-hydrogen) atoms. The molecule has 1 aromatic carbocycles. The van der Waals surface area contributed by atoms with Gasteiger partial charge in [-0.25, -0.2) is 4.98 Å². The van der Waals surface area contributed by atoms with E-state index < -0.39 is 0 Å². The second kappa shape index (κ2) is 7.38. The smallest absolute Gasteiger partial charge is 0.147 e. The van der Waals surface area contributed by atoms with Gasteiger partial charge in [-0.3, -0.25) is 0 Å². The predicted octanol–water partition coefficient (Wildman–Crippen LogP) is 4.36. The van der Waals surface area contributed by atoms with E-state index in [9.17, 15) is 0 Å². The zero-order valence-electron chi connectivity index (χ0n) is 10.5. The van der Waals surface area contributed by atoms with Crippen LogP contribution in [-0.4, -0.2) is 11.6 Å². The Bertz CT molecular complexity index is 508. The maximum Gasteiger partial charge on any atom is 0.147 e. The molecule has 0 radical (unpaired) electrons. The standard InChI is InChI=1S/C13H14Br2N2OS/c1-2-18-13-10(14)5-9(6-11(13)15)7-16-8-12-17-3-4-19-12/h3-6,16H,2,7-8H2,1H3. The van der Waals surface area contributed by atoms with Crippen molar-refractivity contribution in [2.75, 3.05) is 6.61 Å². The lowest BCUT2D eigenvalue weighted by Gasteiger charge is -2.11. The van der Waals surface area contributed by atoms with Gasteiger partial charge in [0.1, 0.15) is 10.8 Å². The molecule has 1 N–H and O–H groups in total. The summed E-state index contributed by atoms with van der Waals surface area (Å²) in [6, 6.07) is 4.15. The van der Waals surface area contributed by atoms with Crippen molar-refractivity contribution in [3.8, 4) is 5.75 Å². The van der Waals surface area contributed by atoms with Gasteiger partial charge in [-0.05, 0) is 56.5 Å². The topological polar surface area (TPSA) is 34.1 Å². The highest BCUT2D eigenvalue weighted by Crippen LogP contribution is 2.34. The molecule has 1 heterocycles. The van der Waals surface area contributed by atoms with Gasteiger partial charge >= 0.3 is 0 Å². The average molecular weight is 406 g/mol. The minimum atomic E-state index is 0.652. The Morgan fingerprint density at radius 2 is 2.00 bits per heavy atom. The first kappa shape index (κ1) is 15.0. The largest absolute Gasteiger partial charge is 0.492 e. The van der Waals surface area contributed by atoms with Gasteiger partial charge in [0.05, 0.1) is 15.6 Å². The molecular weight excluding hydrogens is 392 g/mol. The van der Waals surface area contributed by atoms with E-state index in [0.29, 0.717) is 6.61 Å². The number of nitrogens with zero attached hydrogens (tertiary/aromatic N) is 1. The number of aromatic nitrogens is 1. The van der Waals surface area contributed by atoms with Gasteiger partial charge < -0.3 is 10.1 Å². The van der Waals surface area contributed by atoms with Crippen LogP contribution in [0, 0.1) is 0 Å². The minimum absolute atomic E-state index is 0.652. The molecule has 0 unspecified atom stereocenters. The van der Waals surface area contributed by atoms with E-state index in [4.69, 9.17) is 4.74 Å². The molecule has 6 heteroatoms. The second-order valence-corrected chi connectivity index (χ2v) is 6.54. The molecule has 0 aliphatic carbocycles. The Balaban J connectivity index is 1.97. The fourth-order valence-electron chi connectivity index (χ4n) is 1.65. The van der Waals surface area contributed by atoms with Crippen LogP contribution in [0.2, 0.25) is 0 Å². The molecular formula is C13H14Br2N2OS. The van der Waals surface area contributed by atoms with E-state index in [1.165, 1.54) is 5.56 Å². The molecule has 102 valence electrons. The summed E-state index contributed by atoms with van der Waals surface area (Å²) >= 11 is 8.73. The zero-order chi connectivity index (χ0) is 13.7. The van der Waals surface area contributed by atoms with Gasteiger partial charge in [0.2, 0.25) is 0 Å². The Labute approximate surface area is 133 Å². The summed E-state index contributed by atoms with van der Waals surface area (Å²) in [5.41, 5.74) is 1.19. The molecule has 0 aliphatic heterocycles. The van der Waals surface area contributed by atoms with E-state index >= 15 is 0 Å². The van der Waals surface area contributed by atoms with Crippen LogP contribution in [0.25, 0.3) is 0 Å². The minimum Gasteiger partial charge on any atom is -0.492 e. The summed E-state index contributed by atoms with van der Waals surface area (Å²) < 4.78 is 7.50. The molecule has 0 amide bonds. The van der Waals surface area contributed by atoms with Crippen LogP contribution in [0.1, 0.15) is 17.5 Å². The van der Waals surface area contributed by atoms with Crippen LogP contribution >= 0.6 is 43.2 Å². The lowest BCUT2D eigenvalue weighted by atomic mass is 10.2. The van der Waals surface area contributed by atoms with Crippen LogP contribution in [0.4, 0.5) is 0 Å². The van der Waals surface area contributed by atoms with Gasteiger partial charge in [0, 0.05) is 24.7 Å². The van der Waals surface area contributed by atoms with Crippen LogP contribution in [0.3, 0.4) is 0 Å². The number of thiazole rings is 1. The highest BCUT2D eigenvalue weighted by atomic mass is 79.9. The maximum absolute atomic E-state index is 5.56. The van der Waals surface area contributed by atoms with Gasteiger partial charge in [-0.2, -0.15) is 0 Å². The quantitative estimate of drug-likeness (QED) is 0.775. The molecule has 0 saturated heterocycles. The number of halogens is 2. The van der Waals surface area contributed by atoms with Gasteiger partial charge in [-0.15, -0.1) is 11.3 Å². The third-order valence-corrected chi connectivity index (χ3v) is 4.39. The highest BCUT2D eigenvalue weighted by Gasteiger charge is 2.08. The molecule has 0 saturated carbocycles. The van der Waals surface area contributed by atoms with Crippen molar-refractivity contribution in [2.24, 2.45) is 0 Å². The Morgan fingerprint density at radius 3 is 2.58 bits per heavy atom. The predicted molar refractivity (Wildman–Crippen MR) is 85.7 cm³/mol. The summed E-state index contributed by atoms with van der Waals surface area (Å²) in [4.78, 5) is 4.24. The van der Waals surface area contributed by atoms with Crippen LogP contribution < -0.4 is 10.1 Å². The van der Waals surface area contributed by atoms with E-state index in [1.807, 2.05) is 18.5 Å². The maximum atomic E-state index is 5.56. The molecule has 3 nitrogen and oxygen atoms in total. The van der Waals surface area contributed by atoms with Crippen LogP contribution in [0.5, 0.6) is 5.75 Å². The Morgan fingerprint density at radius 1 is 1.26 bits per heavy atom. The molecule has 0 fully saturated rings. The summed E-state index contributed by atoms with van der Waals surface area (Å²) in [6.07, 6.45) is 1.83. The number of hydrogen-bond acceptors (Lipinski definition) is 4. The van der Waals surface area contributed by atoms with Crippen molar-refractivity contribution in [3.05, 3.63) is 43.2 Å². The number of rotatable bonds is 6. The van der Waals surface area contributed by atoms with Gasteiger partial charge in [0.15, 0.2) is 0 Å². The monoisotopic (exact) mass is 404 g/mol. The summed E-state index contributed by atoms with van der Waals surface area (Å²) in [5.74, 6) is 0.853. The first-order valence-electron chi connectivity index (χ1n) is 5.90. The fraction of sp³-hybridized carbons (Fsp3) is 0.308. The van der Waals surface area contributed by atoms with Crippen molar-refractivity contribution >= 4 is 43.2 Å².